The number of benzene rings is 3. The molecule has 6 aliphatic rings. The van der Waals surface area contributed by atoms with E-state index in [9.17, 15) is 67.1 Å². The molecule has 3 atom stereocenters. The summed E-state index contributed by atoms with van der Waals surface area (Å²) in [7, 11) is 0. The van der Waals surface area contributed by atoms with Gasteiger partial charge in [-0.1, -0.05) is 29.8 Å². The van der Waals surface area contributed by atoms with E-state index in [0.717, 1.165) is 15.4 Å². The summed E-state index contributed by atoms with van der Waals surface area (Å²) in [5.74, 6) is -5.57. The molecule has 3 saturated heterocycles. The lowest BCUT2D eigenvalue weighted by Crippen LogP contribution is -3.00. The highest BCUT2D eigenvalue weighted by Crippen LogP contribution is 2.35. The van der Waals surface area contributed by atoms with E-state index in [0.29, 0.717) is 68.0 Å². The first-order valence-electron chi connectivity index (χ1n) is 32.6. The van der Waals surface area contributed by atoms with Gasteiger partial charge in [0.15, 0.2) is 31.9 Å². The summed E-state index contributed by atoms with van der Waals surface area (Å²) in [5.41, 5.74) is 23.6. The van der Waals surface area contributed by atoms with E-state index in [1.54, 1.807) is 105 Å². The number of alkyl halides is 2. The molecule has 6 aliphatic heterocycles. The van der Waals surface area contributed by atoms with Crippen LogP contribution in [0.5, 0.6) is 0 Å². The Balaban J connectivity index is 0.000000201. The van der Waals surface area contributed by atoms with Crippen molar-refractivity contribution in [2.75, 3.05) is 41.3 Å². The van der Waals surface area contributed by atoms with Crippen molar-refractivity contribution >= 4 is 135 Å². The molecule has 0 bridgehead atoms. The lowest BCUT2D eigenvalue weighted by molar-refractivity contribution is -0.727. The van der Waals surface area contributed by atoms with E-state index in [1.807, 2.05) is 36.4 Å². The van der Waals surface area contributed by atoms with E-state index in [2.05, 4.69) is 35.4 Å². The third-order valence-electron chi connectivity index (χ3n) is 16.5. The molecule has 3 aromatic carbocycles. The first-order valence-corrected chi connectivity index (χ1v) is 34.6. The van der Waals surface area contributed by atoms with E-state index in [-0.39, 0.29) is 135 Å². The third kappa shape index (κ3) is 21.2. The molecule has 0 radical (unpaired) electrons. The summed E-state index contributed by atoms with van der Waals surface area (Å²) >= 11 is 7.15. The monoisotopic (exact) mass is 1700 g/mol. The number of fused-ring (bicyclic) bond motifs is 3. The molecule has 11 amide bonds. The summed E-state index contributed by atoms with van der Waals surface area (Å²) in [5, 5.41) is 7.43. The van der Waals surface area contributed by atoms with Crippen molar-refractivity contribution in [2.45, 2.75) is 123 Å². The number of rotatable bonds is 16. The van der Waals surface area contributed by atoms with Crippen molar-refractivity contribution < 1.29 is 119 Å². The molecule has 3 unspecified atom stereocenters. The van der Waals surface area contributed by atoms with Crippen molar-refractivity contribution in [3.63, 3.8) is 0 Å². The summed E-state index contributed by atoms with van der Waals surface area (Å²) in [6, 6.07) is 22.3. The molecule has 33 nitrogen and oxygen atoms in total. The SMILES string of the molecule is CC(C)NC(=O)OCI.CC(C)NC(=O)OC[n+]1cccc(C(=O)OCN2C(=O)CCC(N3Cc4c(N)cccc4C3=O)C2=O)c1.Nc1cccc2c1CN(C1CCC(=O)N(COC(=O)c3cccnc3)C1=O)C2=O.Nc1cccc2c1CN(C1CCC(=O)NC1=O)C2=O.O=C(OCCl)c1cccnc1.[I-]. The maximum absolute atomic E-state index is 13.2. The van der Waals surface area contributed by atoms with Crippen molar-refractivity contribution in [1.29, 1.82) is 0 Å². The van der Waals surface area contributed by atoms with Gasteiger partial charge in [0.05, 0.1) is 11.1 Å². The number of hydrogen-bond acceptors (Lipinski definition) is 24. The molecule has 3 fully saturated rings. The van der Waals surface area contributed by atoms with Gasteiger partial charge in [0.2, 0.25) is 23.6 Å². The van der Waals surface area contributed by atoms with Crippen LogP contribution in [0.3, 0.4) is 0 Å². The van der Waals surface area contributed by atoms with Crippen LogP contribution in [-0.2, 0) is 78.8 Å². The van der Waals surface area contributed by atoms with Crippen molar-refractivity contribution in [3.8, 4) is 0 Å². The molecule has 106 heavy (non-hydrogen) atoms. The Morgan fingerprint density at radius 1 is 0.547 bits per heavy atom. The number of alkyl carbamates (subject to hydrolysis) is 2. The normalized spacial score (nSPS) is 16.9. The number of nitrogens with zero attached hydrogens (tertiary/aromatic N) is 8. The van der Waals surface area contributed by atoms with Gasteiger partial charge in [0.25, 0.3) is 36.3 Å². The average molecular weight is 1710 g/mol. The second kappa shape index (κ2) is 38.7. The Kier molecular flexibility index (Phi) is 30.1. The van der Waals surface area contributed by atoms with Crippen molar-refractivity contribution in [3.05, 3.63) is 178 Å². The minimum absolute atomic E-state index is 0. The Labute approximate surface area is 642 Å². The number of likely N-dealkylation sites (tertiary alicyclic amines) is 2. The van der Waals surface area contributed by atoms with Crippen molar-refractivity contribution in [1.82, 2.24) is 50.4 Å². The van der Waals surface area contributed by atoms with Crippen LogP contribution in [-0.4, -0.2) is 172 Å². The van der Waals surface area contributed by atoms with E-state index in [1.165, 1.54) is 56.2 Å². The van der Waals surface area contributed by atoms with Crippen LogP contribution in [0.1, 0.15) is 145 Å². The lowest BCUT2D eigenvalue weighted by atomic mass is 10.0. The number of carbonyl (C=O) groups excluding carboxylic acids is 14. The Hall–Kier alpha value is -11.0. The van der Waals surface area contributed by atoms with Crippen LogP contribution >= 0.6 is 34.2 Å². The predicted molar refractivity (Wildman–Crippen MR) is 378 cm³/mol. The number of imide groups is 3. The molecule has 6 aromatic rings. The number of halogens is 3. The number of esters is 3. The fourth-order valence-corrected chi connectivity index (χ4v) is 11.7. The number of amides is 11. The van der Waals surface area contributed by atoms with Gasteiger partial charge in [0.1, 0.15) is 28.3 Å². The zero-order valence-corrected chi connectivity index (χ0v) is 62.7. The topological polar surface area (TPSA) is 445 Å². The molecule has 12 rings (SSSR count). The minimum atomic E-state index is -0.872. The number of nitrogen functional groups attached to an aromatic ring is 3. The Morgan fingerprint density at radius 2 is 0.953 bits per heavy atom. The first-order chi connectivity index (χ1) is 50.2. The Morgan fingerprint density at radius 3 is 1.35 bits per heavy atom. The zero-order chi connectivity index (χ0) is 76.2. The highest BCUT2D eigenvalue weighted by atomic mass is 127. The van der Waals surface area contributed by atoms with Crippen LogP contribution in [0.4, 0.5) is 26.7 Å². The van der Waals surface area contributed by atoms with Gasteiger partial charge in [0, 0.05) is 132 Å². The minimum Gasteiger partial charge on any atom is -1.00 e. The summed E-state index contributed by atoms with van der Waals surface area (Å²) in [6.07, 6.45) is 9.00. The largest absolute Gasteiger partial charge is 1.00 e. The lowest BCUT2D eigenvalue weighted by Gasteiger charge is -2.35. The maximum Gasteiger partial charge on any atom is 0.412 e. The molecule has 0 saturated carbocycles. The van der Waals surface area contributed by atoms with Gasteiger partial charge in [-0.25, -0.2) is 33.8 Å². The van der Waals surface area contributed by atoms with Crippen LogP contribution in [0.2, 0.25) is 0 Å². The first kappa shape index (κ1) is 82.3. The van der Waals surface area contributed by atoms with Gasteiger partial charge < -0.3 is 90.2 Å². The number of pyridine rings is 3. The summed E-state index contributed by atoms with van der Waals surface area (Å²) in [4.78, 5) is 183. The smallest absolute Gasteiger partial charge is 0.412 e. The molecular weight excluding hydrogens is 1630 g/mol. The molecule has 560 valence electrons. The second-order valence-electron chi connectivity index (χ2n) is 24.3. The standard InChI is InChI=1S/C25H27N5O7.C20H18N4O5.C13H13N3O3.C7H6ClNO2.C5H10INO2.HI/c1-15(2)27-25(35)37-13-28-10-4-5-16(11-28)24(34)36-14-30-21(31)9-8-20(23(30)33)29-12-18-17(22(29)32)6-3-7-19(18)26;21-15-5-1-4-13-14(15)10-23(18(13)26)16-6-7-17(25)24(19(16)27)11-29-20(28)12-3-2-8-22-9-12;14-9-3-1-2-7-8(9)6-16(13(7)19)10-4-5-11(17)15-12(10)18;8-5-11-7(10)6-2-1-3-9-4-6;1-4(2)7-5(8)9-3-6;/h3-7,10-11,15,20H,8-9,12-14,26H2,1-2H3;1-5,8-9,16H,6-7,10-11,21H2;1-3,10H,4-6,14H2,(H,15,17,18);1-4H,5H2;4H,3H2,1-2H3,(H,7,8);1H. The fourth-order valence-electron chi connectivity index (χ4n) is 11.3. The zero-order valence-electron chi connectivity index (χ0n) is 57.6. The van der Waals surface area contributed by atoms with E-state index in [4.69, 9.17) is 43.0 Å². The number of nitrogens with one attached hydrogen (secondary N) is 3. The van der Waals surface area contributed by atoms with Crippen LogP contribution < -0.4 is 61.7 Å². The van der Waals surface area contributed by atoms with Gasteiger partial charge in [-0.3, -0.25) is 58.4 Å². The quantitative estimate of drug-likeness (QED) is 0.0153. The van der Waals surface area contributed by atoms with Gasteiger partial charge in [-0.2, -0.15) is 4.57 Å². The highest BCUT2D eigenvalue weighted by molar-refractivity contribution is 14.1. The number of anilines is 3. The fraction of sp³-hybridized carbons (Fsp3) is 0.329. The number of nitrogens with two attached hydrogens (primary N) is 3. The number of aromatic nitrogens is 3. The molecule has 36 heteroatoms. The summed E-state index contributed by atoms with van der Waals surface area (Å²) in [6.45, 7) is 6.81. The highest BCUT2D eigenvalue weighted by Gasteiger charge is 2.46. The maximum atomic E-state index is 13.2. The van der Waals surface area contributed by atoms with E-state index >= 15 is 0 Å². The third-order valence-corrected chi connectivity index (χ3v) is 16.9. The number of ether oxygens (including phenoxy) is 5. The second-order valence-corrected chi connectivity index (χ2v) is 25.1. The van der Waals surface area contributed by atoms with Gasteiger partial charge in [-0.05, 0) is 136 Å². The van der Waals surface area contributed by atoms with Crippen molar-refractivity contribution in [2.24, 2.45) is 0 Å². The van der Waals surface area contributed by atoms with Crippen LogP contribution in [0.25, 0.3) is 0 Å². The average Bonchev–Trinajstić information content (AvgIpc) is 1.62. The number of hydrogen-bond donors (Lipinski definition) is 6. The summed E-state index contributed by atoms with van der Waals surface area (Å²) < 4.78 is 26.4. The van der Waals surface area contributed by atoms with Crippen LogP contribution in [0, 0.1) is 0 Å². The molecular formula is C70H75ClI2N14O19. The van der Waals surface area contributed by atoms with Crippen LogP contribution in [0.15, 0.2) is 128 Å². The number of carbonyl (C=O) groups is 14. The Bertz CT molecular complexity index is 4310. The molecule has 3 aromatic heterocycles. The predicted octanol–water partition coefficient (Wildman–Crippen LogP) is 1.87. The molecule has 9 N–H and O–H groups in total. The molecule has 9 heterocycles. The van der Waals surface area contributed by atoms with Gasteiger partial charge in [-0.15, -0.1) is 0 Å². The molecule has 0 spiro atoms. The van der Waals surface area contributed by atoms with Gasteiger partial charge >= 0.3 is 30.1 Å². The van der Waals surface area contributed by atoms with E-state index < -0.39 is 85.1 Å². The number of piperidine rings is 3. The molecule has 0 aliphatic carbocycles.